The molecule has 0 aliphatic carbocycles. The predicted molar refractivity (Wildman–Crippen MR) is 75.9 cm³/mol. The highest BCUT2D eigenvalue weighted by Crippen LogP contribution is 2.22. The van der Waals surface area contributed by atoms with Gasteiger partial charge in [-0.25, -0.2) is 13.1 Å². The molecule has 19 heavy (non-hydrogen) atoms. The topological polar surface area (TPSA) is 67.4 Å². The molecule has 5 nitrogen and oxygen atoms in total. The first-order valence-electron chi connectivity index (χ1n) is 6.50. The summed E-state index contributed by atoms with van der Waals surface area (Å²) < 4.78 is 32.5. The Balaban J connectivity index is 2.04. The summed E-state index contributed by atoms with van der Waals surface area (Å²) in [6.07, 6.45) is 1.78. The molecule has 1 fully saturated rings. The largest absolute Gasteiger partial charge is 0.380 e. The molecule has 0 bridgehead atoms. The third kappa shape index (κ3) is 4.00. The lowest BCUT2D eigenvalue weighted by Gasteiger charge is -2.12. The van der Waals surface area contributed by atoms with Gasteiger partial charge >= 0.3 is 0 Å². The van der Waals surface area contributed by atoms with Crippen molar-refractivity contribution in [1.29, 1.82) is 0 Å². The Labute approximate surface area is 118 Å². The molecule has 1 unspecified atom stereocenters. The molecule has 1 atom stereocenters. The van der Waals surface area contributed by atoms with Crippen LogP contribution >= 0.6 is 11.3 Å². The van der Waals surface area contributed by atoms with E-state index in [1.54, 1.807) is 6.07 Å². The van der Waals surface area contributed by atoms with Gasteiger partial charge in [0.15, 0.2) is 0 Å². The van der Waals surface area contributed by atoms with Crippen molar-refractivity contribution in [2.45, 2.75) is 37.2 Å². The number of nitrogens with one attached hydrogen (secondary N) is 2. The summed E-state index contributed by atoms with van der Waals surface area (Å²) in [5, 5.41) is 5.06. The molecular formula is C12H20N2O3S2. The Bertz CT molecular complexity index is 493. The first-order valence-corrected chi connectivity index (χ1v) is 8.87. The van der Waals surface area contributed by atoms with Crippen LogP contribution in [0.4, 0.5) is 0 Å². The summed E-state index contributed by atoms with van der Waals surface area (Å²) in [6, 6.07) is 1.58. The third-order valence-corrected chi connectivity index (χ3v) is 5.61. The molecule has 108 valence electrons. The van der Waals surface area contributed by atoms with Gasteiger partial charge in [0.1, 0.15) is 0 Å². The molecule has 2 heterocycles. The van der Waals surface area contributed by atoms with Crippen LogP contribution in [0.5, 0.6) is 0 Å². The van der Waals surface area contributed by atoms with Crippen molar-refractivity contribution in [1.82, 2.24) is 10.0 Å². The minimum atomic E-state index is -3.43. The van der Waals surface area contributed by atoms with Gasteiger partial charge in [0, 0.05) is 24.1 Å². The van der Waals surface area contributed by atoms with Gasteiger partial charge in [-0.15, -0.1) is 11.3 Å². The first-order chi connectivity index (χ1) is 9.13. The normalized spacial score (nSPS) is 19.9. The highest BCUT2D eigenvalue weighted by Gasteiger charge is 2.25. The molecule has 0 amide bonds. The van der Waals surface area contributed by atoms with Gasteiger partial charge in [-0.05, 0) is 30.8 Å². The lowest BCUT2D eigenvalue weighted by molar-refractivity contribution is 0.192. The fraction of sp³-hybridized carbons (Fsp3) is 0.667. The summed E-state index contributed by atoms with van der Waals surface area (Å²) in [4.78, 5) is 1.26. The van der Waals surface area contributed by atoms with Crippen LogP contribution in [0.25, 0.3) is 0 Å². The van der Waals surface area contributed by atoms with E-state index in [0.717, 1.165) is 24.3 Å². The first kappa shape index (κ1) is 14.9. The fourth-order valence-electron chi connectivity index (χ4n) is 1.99. The summed E-state index contributed by atoms with van der Waals surface area (Å²) >= 11 is 1.47. The molecule has 1 aliphatic heterocycles. The van der Waals surface area contributed by atoms with Gasteiger partial charge < -0.3 is 10.1 Å². The van der Waals surface area contributed by atoms with E-state index in [1.807, 2.05) is 5.38 Å². The molecule has 1 aromatic heterocycles. The summed E-state index contributed by atoms with van der Waals surface area (Å²) in [7, 11) is -3.43. The lowest BCUT2D eigenvalue weighted by Crippen LogP contribution is -2.35. The zero-order valence-corrected chi connectivity index (χ0v) is 12.6. The number of sulfonamides is 1. The van der Waals surface area contributed by atoms with Crippen LogP contribution in [-0.4, -0.2) is 34.2 Å². The molecule has 1 saturated heterocycles. The van der Waals surface area contributed by atoms with Crippen molar-refractivity contribution in [3.8, 4) is 0 Å². The van der Waals surface area contributed by atoms with E-state index >= 15 is 0 Å². The second-order valence-electron chi connectivity index (χ2n) is 4.57. The van der Waals surface area contributed by atoms with Gasteiger partial charge in [-0.1, -0.05) is 6.92 Å². The van der Waals surface area contributed by atoms with E-state index in [4.69, 9.17) is 4.74 Å². The Morgan fingerprint density at radius 1 is 1.53 bits per heavy atom. The average Bonchev–Trinajstić information content (AvgIpc) is 3.00. The van der Waals surface area contributed by atoms with Crippen molar-refractivity contribution in [2.24, 2.45) is 0 Å². The van der Waals surface area contributed by atoms with E-state index in [0.29, 0.717) is 24.7 Å². The van der Waals surface area contributed by atoms with E-state index < -0.39 is 10.0 Å². The quantitative estimate of drug-likeness (QED) is 0.746. The zero-order valence-electron chi connectivity index (χ0n) is 11.0. The maximum Gasteiger partial charge on any atom is 0.242 e. The number of thiophene rings is 1. The second-order valence-corrected chi connectivity index (χ2v) is 7.25. The number of ether oxygens (including phenoxy) is 1. The van der Waals surface area contributed by atoms with Crippen molar-refractivity contribution >= 4 is 21.4 Å². The summed E-state index contributed by atoms with van der Waals surface area (Å²) in [5.74, 6) is 0. The Morgan fingerprint density at radius 3 is 3.05 bits per heavy atom. The highest BCUT2D eigenvalue weighted by molar-refractivity contribution is 7.89. The lowest BCUT2D eigenvalue weighted by atomic mass is 10.3. The van der Waals surface area contributed by atoms with Crippen molar-refractivity contribution in [3.63, 3.8) is 0 Å². The summed E-state index contributed by atoms with van der Waals surface area (Å²) in [5.41, 5.74) is 0. The van der Waals surface area contributed by atoms with Gasteiger partial charge in [0.25, 0.3) is 0 Å². The molecule has 2 N–H and O–H groups in total. The maximum absolute atomic E-state index is 12.3. The molecule has 2 rings (SSSR count). The van der Waals surface area contributed by atoms with Crippen LogP contribution < -0.4 is 10.0 Å². The number of hydrogen-bond donors (Lipinski definition) is 2. The molecule has 0 spiro atoms. The molecule has 1 aromatic rings. The zero-order chi connectivity index (χ0) is 13.7. The van der Waals surface area contributed by atoms with Crippen LogP contribution in [0, 0.1) is 0 Å². The van der Waals surface area contributed by atoms with Gasteiger partial charge in [-0.2, -0.15) is 0 Å². The van der Waals surface area contributed by atoms with Crippen LogP contribution in [0.3, 0.4) is 0 Å². The smallest absolute Gasteiger partial charge is 0.242 e. The average molecular weight is 304 g/mol. The van der Waals surface area contributed by atoms with E-state index in [2.05, 4.69) is 17.0 Å². The molecular weight excluding hydrogens is 284 g/mol. The monoisotopic (exact) mass is 304 g/mol. The Kier molecular flexibility index (Phi) is 5.35. The van der Waals surface area contributed by atoms with Crippen LogP contribution in [-0.2, 0) is 21.3 Å². The minimum absolute atomic E-state index is 0.0960. The fourth-order valence-corrected chi connectivity index (χ4v) is 4.65. The number of rotatable bonds is 7. The van der Waals surface area contributed by atoms with E-state index in [9.17, 15) is 8.42 Å². The molecule has 7 heteroatoms. The standard InChI is InChI=1S/C12H20N2O3S2/c1-2-5-13-8-11-12(4-7-18-11)19(15,16)14-10-3-6-17-9-10/h4,7,10,13-14H,2-3,5-6,8-9H2,1H3. The molecule has 1 aliphatic rings. The highest BCUT2D eigenvalue weighted by atomic mass is 32.2. The van der Waals surface area contributed by atoms with Crippen molar-refractivity contribution in [3.05, 3.63) is 16.3 Å². The van der Waals surface area contributed by atoms with Crippen LogP contribution in [0.15, 0.2) is 16.3 Å². The molecule has 0 radical (unpaired) electrons. The van der Waals surface area contributed by atoms with E-state index in [-0.39, 0.29) is 6.04 Å². The second kappa shape index (κ2) is 6.81. The van der Waals surface area contributed by atoms with Crippen molar-refractivity contribution < 1.29 is 13.2 Å². The predicted octanol–water partition coefficient (Wildman–Crippen LogP) is 1.31. The van der Waals surface area contributed by atoms with Crippen molar-refractivity contribution in [2.75, 3.05) is 19.8 Å². The van der Waals surface area contributed by atoms with E-state index in [1.165, 1.54) is 11.3 Å². The SMILES string of the molecule is CCCNCc1sccc1S(=O)(=O)NC1CCOC1. The van der Waals surface area contributed by atoms with Crippen LogP contribution in [0.2, 0.25) is 0 Å². The molecule has 0 aromatic carbocycles. The van der Waals surface area contributed by atoms with Gasteiger partial charge in [0.2, 0.25) is 10.0 Å². The Morgan fingerprint density at radius 2 is 2.37 bits per heavy atom. The molecule has 0 saturated carbocycles. The van der Waals surface area contributed by atoms with Gasteiger partial charge in [0.05, 0.1) is 11.5 Å². The summed E-state index contributed by atoms with van der Waals surface area (Å²) in [6.45, 7) is 4.67. The maximum atomic E-state index is 12.3. The minimum Gasteiger partial charge on any atom is -0.380 e. The number of hydrogen-bond acceptors (Lipinski definition) is 5. The Hall–Kier alpha value is -0.470. The van der Waals surface area contributed by atoms with Crippen LogP contribution in [0.1, 0.15) is 24.6 Å². The third-order valence-electron chi connectivity index (χ3n) is 2.96. The van der Waals surface area contributed by atoms with Gasteiger partial charge in [-0.3, -0.25) is 0 Å².